The zero-order valence-electron chi connectivity index (χ0n) is 10.0. The van der Waals surface area contributed by atoms with E-state index in [0.717, 1.165) is 25.2 Å². The fourth-order valence-corrected chi connectivity index (χ4v) is 2.39. The molecule has 1 aliphatic rings. The van der Waals surface area contributed by atoms with Gasteiger partial charge in [-0.1, -0.05) is 27.7 Å². The Hall–Kier alpha value is -0.0800. The lowest BCUT2D eigenvalue weighted by Crippen LogP contribution is -2.52. The lowest BCUT2D eigenvalue weighted by molar-refractivity contribution is -0.110. The van der Waals surface area contributed by atoms with Gasteiger partial charge in [0.2, 0.25) is 0 Å². The number of hydrogen-bond acceptors (Lipinski definition) is 2. The predicted octanol–water partition coefficient (Wildman–Crippen LogP) is 2.16. The van der Waals surface area contributed by atoms with Gasteiger partial charge in [-0.25, -0.2) is 0 Å². The molecule has 3 N–H and O–H groups in total. The molecule has 0 aromatic rings. The fourth-order valence-electron chi connectivity index (χ4n) is 2.39. The second-order valence-corrected chi connectivity index (χ2v) is 5.82. The summed E-state index contributed by atoms with van der Waals surface area (Å²) >= 11 is 0. The van der Waals surface area contributed by atoms with Crippen molar-refractivity contribution >= 4 is 0 Å². The normalized spacial score (nSPS) is 39.9. The Balaban J connectivity index is 2.76. The summed E-state index contributed by atoms with van der Waals surface area (Å²) in [4.78, 5) is 0. The van der Waals surface area contributed by atoms with Crippen molar-refractivity contribution in [2.24, 2.45) is 23.0 Å². The first kappa shape index (κ1) is 12.0. The van der Waals surface area contributed by atoms with Gasteiger partial charge in [0.1, 0.15) is 0 Å². The van der Waals surface area contributed by atoms with Crippen molar-refractivity contribution in [2.45, 2.75) is 52.6 Å². The van der Waals surface area contributed by atoms with Crippen molar-refractivity contribution < 1.29 is 5.11 Å². The number of rotatable bonds is 2. The molecule has 0 aromatic heterocycles. The summed E-state index contributed by atoms with van der Waals surface area (Å²) in [6.45, 7) is 9.23. The molecule has 1 rings (SSSR count). The zero-order chi connectivity index (χ0) is 11.0. The van der Waals surface area contributed by atoms with Crippen LogP contribution >= 0.6 is 0 Å². The van der Waals surface area contributed by atoms with E-state index in [1.54, 1.807) is 0 Å². The van der Waals surface area contributed by atoms with Crippen LogP contribution in [-0.2, 0) is 0 Å². The zero-order valence-corrected chi connectivity index (χ0v) is 10.0. The quantitative estimate of drug-likeness (QED) is 0.716. The molecule has 3 unspecified atom stereocenters. The van der Waals surface area contributed by atoms with Crippen LogP contribution < -0.4 is 5.73 Å². The minimum Gasteiger partial charge on any atom is -0.389 e. The Labute approximate surface area is 87.9 Å². The second-order valence-electron chi connectivity index (χ2n) is 5.82. The molecule has 0 spiro atoms. The van der Waals surface area contributed by atoms with Gasteiger partial charge in [0.25, 0.3) is 0 Å². The van der Waals surface area contributed by atoms with Crippen LogP contribution in [0.1, 0.15) is 47.0 Å². The minimum absolute atomic E-state index is 0.151. The van der Waals surface area contributed by atoms with Crippen molar-refractivity contribution in [3.63, 3.8) is 0 Å². The van der Waals surface area contributed by atoms with E-state index >= 15 is 0 Å². The van der Waals surface area contributed by atoms with Gasteiger partial charge in [-0.05, 0) is 31.1 Å². The third-order valence-electron chi connectivity index (χ3n) is 4.41. The Bertz CT molecular complexity index is 202. The number of aliphatic hydroxyl groups is 1. The van der Waals surface area contributed by atoms with Crippen LogP contribution in [0.25, 0.3) is 0 Å². The third-order valence-corrected chi connectivity index (χ3v) is 4.41. The average Bonchev–Trinajstić information content (AvgIpc) is 2.12. The van der Waals surface area contributed by atoms with Gasteiger partial charge in [-0.2, -0.15) is 0 Å². The topological polar surface area (TPSA) is 46.2 Å². The van der Waals surface area contributed by atoms with Gasteiger partial charge in [0.05, 0.1) is 5.60 Å². The van der Waals surface area contributed by atoms with Gasteiger partial charge in [0, 0.05) is 12.0 Å². The maximum atomic E-state index is 10.6. The smallest absolute Gasteiger partial charge is 0.0713 e. The van der Waals surface area contributed by atoms with Gasteiger partial charge < -0.3 is 10.8 Å². The monoisotopic (exact) mass is 199 g/mol. The van der Waals surface area contributed by atoms with Crippen molar-refractivity contribution in [3.05, 3.63) is 0 Å². The van der Waals surface area contributed by atoms with Crippen LogP contribution in [-0.4, -0.2) is 17.3 Å². The van der Waals surface area contributed by atoms with Crippen LogP contribution in [0.4, 0.5) is 0 Å². The van der Waals surface area contributed by atoms with E-state index in [2.05, 4.69) is 27.7 Å². The molecule has 0 saturated heterocycles. The Morgan fingerprint density at radius 2 is 1.93 bits per heavy atom. The van der Waals surface area contributed by atoms with Crippen molar-refractivity contribution in [2.75, 3.05) is 6.54 Å². The van der Waals surface area contributed by atoms with E-state index in [4.69, 9.17) is 5.73 Å². The summed E-state index contributed by atoms with van der Waals surface area (Å²) in [5.41, 5.74) is 5.04. The first-order valence-corrected chi connectivity index (χ1v) is 5.75. The van der Waals surface area contributed by atoms with E-state index in [0.29, 0.717) is 12.5 Å². The number of nitrogens with two attached hydrogens (primary N) is 1. The molecular weight excluding hydrogens is 174 g/mol. The SMILES string of the molecule is CC1CCC(O)(C(C)(C)CN)CC1C. The molecule has 0 aliphatic heterocycles. The highest BCUT2D eigenvalue weighted by Crippen LogP contribution is 2.45. The Kier molecular flexibility index (Phi) is 3.27. The lowest BCUT2D eigenvalue weighted by atomic mass is 9.62. The maximum Gasteiger partial charge on any atom is 0.0713 e. The van der Waals surface area contributed by atoms with E-state index in [1.165, 1.54) is 0 Å². The lowest BCUT2D eigenvalue weighted by Gasteiger charge is -2.48. The van der Waals surface area contributed by atoms with Crippen LogP contribution in [0.5, 0.6) is 0 Å². The summed E-state index contributed by atoms with van der Waals surface area (Å²) in [7, 11) is 0. The highest BCUT2D eigenvalue weighted by Gasteiger charge is 2.46. The van der Waals surface area contributed by atoms with Crippen molar-refractivity contribution in [3.8, 4) is 0 Å². The molecule has 0 heterocycles. The van der Waals surface area contributed by atoms with Crippen LogP contribution in [0, 0.1) is 17.3 Å². The summed E-state index contributed by atoms with van der Waals surface area (Å²) in [6, 6.07) is 0. The molecular formula is C12H25NO. The molecule has 0 bridgehead atoms. The van der Waals surface area contributed by atoms with Gasteiger partial charge in [-0.3, -0.25) is 0 Å². The molecule has 0 amide bonds. The summed E-state index contributed by atoms with van der Waals surface area (Å²) < 4.78 is 0. The highest BCUT2D eigenvalue weighted by atomic mass is 16.3. The first-order valence-electron chi connectivity index (χ1n) is 5.75. The fraction of sp³-hybridized carbons (Fsp3) is 1.00. The van der Waals surface area contributed by atoms with E-state index < -0.39 is 5.60 Å². The Morgan fingerprint density at radius 1 is 1.36 bits per heavy atom. The predicted molar refractivity (Wildman–Crippen MR) is 60.0 cm³/mol. The maximum absolute atomic E-state index is 10.6. The average molecular weight is 199 g/mol. The molecule has 0 aromatic carbocycles. The highest BCUT2D eigenvalue weighted by molar-refractivity contribution is 4.98. The molecule has 2 heteroatoms. The summed E-state index contributed by atoms with van der Waals surface area (Å²) in [5, 5.41) is 10.6. The third kappa shape index (κ3) is 1.96. The minimum atomic E-state index is -0.548. The molecule has 3 atom stereocenters. The molecule has 1 fully saturated rings. The van der Waals surface area contributed by atoms with Crippen LogP contribution in [0.15, 0.2) is 0 Å². The molecule has 14 heavy (non-hydrogen) atoms. The number of hydrogen-bond donors (Lipinski definition) is 2. The van der Waals surface area contributed by atoms with Crippen molar-refractivity contribution in [1.29, 1.82) is 0 Å². The standard InChI is InChI=1S/C12H25NO/c1-9-5-6-12(14,7-10(9)2)11(3,4)8-13/h9-10,14H,5-8,13H2,1-4H3. The second kappa shape index (κ2) is 3.82. The first-order chi connectivity index (χ1) is 6.32. The summed E-state index contributed by atoms with van der Waals surface area (Å²) in [6.07, 6.45) is 2.93. The van der Waals surface area contributed by atoms with Crippen LogP contribution in [0.3, 0.4) is 0 Å². The molecule has 1 aliphatic carbocycles. The van der Waals surface area contributed by atoms with E-state index in [1.807, 2.05) is 0 Å². The molecule has 0 radical (unpaired) electrons. The Morgan fingerprint density at radius 3 is 2.36 bits per heavy atom. The molecule has 2 nitrogen and oxygen atoms in total. The van der Waals surface area contributed by atoms with Gasteiger partial charge in [0.15, 0.2) is 0 Å². The summed E-state index contributed by atoms with van der Waals surface area (Å²) in [5.74, 6) is 1.35. The largest absolute Gasteiger partial charge is 0.389 e. The van der Waals surface area contributed by atoms with E-state index in [-0.39, 0.29) is 5.41 Å². The van der Waals surface area contributed by atoms with Crippen molar-refractivity contribution in [1.82, 2.24) is 0 Å². The van der Waals surface area contributed by atoms with Gasteiger partial charge in [-0.15, -0.1) is 0 Å². The molecule has 1 saturated carbocycles. The van der Waals surface area contributed by atoms with Gasteiger partial charge >= 0.3 is 0 Å². The van der Waals surface area contributed by atoms with E-state index in [9.17, 15) is 5.11 Å². The molecule has 84 valence electrons. The van der Waals surface area contributed by atoms with Crippen LogP contribution in [0.2, 0.25) is 0 Å².